The molecule has 0 atom stereocenters. The summed E-state index contributed by atoms with van der Waals surface area (Å²) in [7, 11) is 0. The van der Waals surface area contributed by atoms with E-state index in [2.05, 4.69) is 27.4 Å². The first kappa shape index (κ1) is 16.5. The monoisotopic (exact) mass is 421 g/mol. The fraction of sp³-hybridized carbons (Fsp3) is 0.182. The largest absolute Gasteiger partial charge is 0.435 e. The topological polar surface area (TPSA) is 52.2 Å². The van der Waals surface area contributed by atoms with Gasteiger partial charge in [-0.25, -0.2) is 0 Å². The standard InChI is InChI=1S/C22H16BrNO3/c1-2-3-10-24-16-9-8-12(23)11-15(16)17-18-19(25)13-6-4-5-7-14(13)20(26)21(18)27-22(17)24/h4-9,11H,2-3,10H2,1H3. The smallest absolute Gasteiger partial charge is 0.229 e. The van der Waals surface area contributed by atoms with Gasteiger partial charge in [-0.15, -0.1) is 0 Å². The molecular weight excluding hydrogens is 406 g/mol. The number of benzene rings is 2. The van der Waals surface area contributed by atoms with E-state index in [0.717, 1.165) is 40.1 Å². The molecule has 0 radical (unpaired) electrons. The summed E-state index contributed by atoms with van der Waals surface area (Å²) in [4.78, 5) is 26.2. The average Bonchev–Trinajstić information content (AvgIpc) is 3.20. The van der Waals surface area contributed by atoms with Crippen molar-refractivity contribution in [2.45, 2.75) is 26.3 Å². The number of hydrogen-bond acceptors (Lipinski definition) is 3. The van der Waals surface area contributed by atoms with Crippen molar-refractivity contribution in [2.75, 3.05) is 0 Å². The van der Waals surface area contributed by atoms with Crippen LogP contribution in [-0.4, -0.2) is 16.1 Å². The SMILES string of the molecule is CCCCn1c2ccc(Br)cc2c2c3c(oc21)C(=O)c1ccccc1C3=O. The number of aromatic nitrogens is 1. The molecule has 2 aromatic heterocycles. The molecule has 0 amide bonds. The van der Waals surface area contributed by atoms with Crippen LogP contribution >= 0.6 is 15.9 Å². The van der Waals surface area contributed by atoms with Crippen molar-refractivity contribution < 1.29 is 14.0 Å². The Morgan fingerprint density at radius 1 is 1.04 bits per heavy atom. The molecule has 0 saturated carbocycles. The number of nitrogens with zero attached hydrogens (tertiary/aromatic N) is 1. The Morgan fingerprint density at radius 3 is 2.52 bits per heavy atom. The fourth-order valence-corrected chi connectivity index (χ4v) is 4.32. The molecule has 0 saturated heterocycles. The maximum Gasteiger partial charge on any atom is 0.229 e. The number of unbranched alkanes of at least 4 members (excludes halogenated alkanes) is 1. The highest BCUT2D eigenvalue weighted by Gasteiger charge is 2.37. The Bertz CT molecular complexity index is 1260. The molecule has 0 unspecified atom stereocenters. The minimum absolute atomic E-state index is 0.145. The van der Waals surface area contributed by atoms with Gasteiger partial charge in [0.2, 0.25) is 11.5 Å². The van der Waals surface area contributed by atoms with Gasteiger partial charge in [-0.05, 0) is 24.6 Å². The molecule has 2 aromatic carbocycles. The Balaban J connectivity index is 1.89. The van der Waals surface area contributed by atoms with Crippen molar-refractivity contribution in [3.63, 3.8) is 0 Å². The van der Waals surface area contributed by atoms with E-state index in [1.165, 1.54) is 0 Å². The first-order valence-corrected chi connectivity index (χ1v) is 9.83. The molecule has 0 bridgehead atoms. The number of fused-ring (bicyclic) bond motifs is 6. The Hall–Kier alpha value is -2.66. The first-order valence-electron chi connectivity index (χ1n) is 9.04. The number of halogens is 1. The van der Waals surface area contributed by atoms with Gasteiger partial charge in [0.25, 0.3) is 0 Å². The Morgan fingerprint density at radius 2 is 1.78 bits per heavy atom. The zero-order valence-corrected chi connectivity index (χ0v) is 16.3. The van der Waals surface area contributed by atoms with Gasteiger partial charge in [-0.2, -0.15) is 0 Å². The maximum atomic E-state index is 13.2. The minimum atomic E-state index is -0.221. The summed E-state index contributed by atoms with van der Waals surface area (Å²) in [5.41, 5.74) is 2.88. The van der Waals surface area contributed by atoms with Gasteiger partial charge in [0.05, 0.1) is 16.5 Å². The molecule has 5 heteroatoms. The van der Waals surface area contributed by atoms with Crippen molar-refractivity contribution >= 4 is 49.5 Å². The lowest BCUT2D eigenvalue weighted by Crippen LogP contribution is -2.19. The predicted molar refractivity (Wildman–Crippen MR) is 108 cm³/mol. The lowest BCUT2D eigenvalue weighted by atomic mass is 9.87. The van der Waals surface area contributed by atoms with Crippen LogP contribution in [0.1, 0.15) is 51.8 Å². The molecule has 0 N–H and O–H groups in total. The number of furan rings is 1. The quantitative estimate of drug-likeness (QED) is 0.373. The molecule has 5 rings (SSSR count). The summed E-state index contributed by atoms with van der Waals surface area (Å²) < 4.78 is 9.07. The van der Waals surface area contributed by atoms with E-state index in [9.17, 15) is 9.59 Å². The summed E-state index contributed by atoms with van der Waals surface area (Å²) in [5.74, 6) is -0.203. The lowest BCUT2D eigenvalue weighted by Gasteiger charge is -2.13. The third kappa shape index (κ3) is 2.21. The van der Waals surface area contributed by atoms with E-state index in [1.54, 1.807) is 24.3 Å². The van der Waals surface area contributed by atoms with Crippen LogP contribution in [0, 0.1) is 0 Å². The van der Waals surface area contributed by atoms with Crippen molar-refractivity contribution in [3.05, 3.63) is 69.4 Å². The number of carbonyl (C=O) groups excluding carboxylic acids is 2. The van der Waals surface area contributed by atoms with E-state index in [1.807, 2.05) is 18.2 Å². The normalized spacial score (nSPS) is 13.4. The van der Waals surface area contributed by atoms with Gasteiger partial charge >= 0.3 is 0 Å². The van der Waals surface area contributed by atoms with Gasteiger partial charge in [-0.3, -0.25) is 9.59 Å². The van der Waals surface area contributed by atoms with Gasteiger partial charge in [0.15, 0.2) is 11.5 Å². The van der Waals surface area contributed by atoms with Gasteiger partial charge < -0.3 is 8.98 Å². The van der Waals surface area contributed by atoms with Crippen LogP contribution in [0.3, 0.4) is 0 Å². The van der Waals surface area contributed by atoms with Crippen LogP contribution in [-0.2, 0) is 6.54 Å². The van der Waals surface area contributed by atoms with Crippen molar-refractivity contribution in [3.8, 4) is 0 Å². The Labute approximate surface area is 163 Å². The van der Waals surface area contributed by atoms with Crippen molar-refractivity contribution in [1.82, 2.24) is 4.57 Å². The highest BCUT2D eigenvalue weighted by atomic mass is 79.9. The molecule has 0 aliphatic heterocycles. The molecule has 134 valence electrons. The third-order valence-corrected chi connectivity index (χ3v) is 5.73. The second kappa shape index (κ2) is 5.92. The second-order valence-electron chi connectivity index (χ2n) is 6.86. The molecule has 4 nitrogen and oxygen atoms in total. The fourth-order valence-electron chi connectivity index (χ4n) is 3.96. The Kier molecular flexibility index (Phi) is 3.62. The van der Waals surface area contributed by atoms with E-state index in [0.29, 0.717) is 22.4 Å². The highest BCUT2D eigenvalue weighted by Crippen LogP contribution is 2.41. The van der Waals surface area contributed by atoms with Crippen LogP contribution in [0.5, 0.6) is 0 Å². The van der Waals surface area contributed by atoms with Gasteiger partial charge in [0, 0.05) is 27.5 Å². The molecular formula is C22H16BrNO3. The number of hydrogen-bond donors (Lipinski definition) is 0. The van der Waals surface area contributed by atoms with Crippen LogP contribution in [0.4, 0.5) is 0 Å². The molecule has 2 heterocycles. The highest BCUT2D eigenvalue weighted by molar-refractivity contribution is 9.10. The third-order valence-electron chi connectivity index (χ3n) is 5.24. The summed E-state index contributed by atoms with van der Waals surface area (Å²) in [6.45, 7) is 2.91. The van der Waals surface area contributed by atoms with Gasteiger partial charge in [-0.1, -0.05) is 53.5 Å². The van der Waals surface area contributed by atoms with E-state index >= 15 is 0 Å². The molecule has 1 aliphatic rings. The van der Waals surface area contributed by atoms with Crippen LogP contribution in [0.25, 0.3) is 22.0 Å². The van der Waals surface area contributed by atoms with E-state index in [4.69, 9.17) is 4.42 Å². The summed E-state index contributed by atoms with van der Waals surface area (Å²) in [6.07, 6.45) is 2.03. The number of aryl methyl sites for hydroxylation is 1. The molecule has 27 heavy (non-hydrogen) atoms. The summed E-state index contributed by atoms with van der Waals surface area (Å²) in [6, 6.07) is 13.0. The zero-order valence-electron chi connectivity index (χ0n) is 14.7. The molecule has 4 aromatic rings. The van der Waals surface area contributed by atoms with E-state index in [-0.39, 0.29) is 17.3 Å². The second-order valence-corrected chi connectivity index (χ2v) is 7.77. The molecule has 1 aliphatic carbocycles. The van der Waals surface area contributed by atoms with Crippen LogP contribution < -0.4 is 0 Å². The minimum Gasteiger partial charge on any atom is -0.435 e. The average molecular weight is 422 g/mol. The number of carbonyl (C=O) groups is 2. The predicted octanol–water partition coefficient (Wildman–Crippen LogP) is 5.73. The van der Waals surface area contributed by atoms with Crippen LogP contribution in [0.2, 0.25) is 0 Å². The molecule has 0 fully saturated rings. The number of rotatable bonds is 3. The lowest BCUT2D eigenvalue weighted by molar-refractivity contribution is 0.0962. The summed E-state index contributed by atoms with van der Waals surface area (Å²) in [5, 5.41) is 1.67. The van der Waals surface area contributed by atoms with Crippen LogP contribution in [0.15, 0.2) is 51.4 Å². The number of ketones is 2. The zero-order chi connectivity index (χ0) is 18.7. The van der Waals surface area contributed by atoms with E-state index < -0.39 is 0 Å². The first-order chi connectivity index (χ1) is 13.1. The van der Waals surface area contributed by atoms with Gasteiger partial charge in [0.1, 0.15) is 0 Å². The molecule has 0 spiro atoms. The summed E-state index contributed by atoms with van der Waals surface area (Å²) >= 11 is 3.53. The maximum absolute atomic E-state index is 13.2. The van der Waals surface area contributed by atoms with Crippen molar-refractivity contribution in [2.24, 2.45) is 0 Å². The van der Waals surface area contributed by atoms with Crippen molar-refractivity contribution in [1.29, 1.82) is 0 Å².